The summed E-state index contributed by atoms with van der Waals surface area (Å²) in [5.41, 5.74) is 0. The highest BCUT2D eigenvalue weighted by atomic mass is 16.5. The molecule has 0 saturated heterocycles. The molecule has 3 nitrogen and oxygen atoms in total. The van der Waals surface area contributed by atoms with Crippen LogP contribution in [0.5, 0.6) is 0 Å². The normalized spacial score (nSPS) is 16.6. The van der Waals surface area contributed by atoms with Gasteiger partial charge in [-0.05, 0) is 25.8 Å². The van der Waals surface area contributed by atoms with Gasteiger partial charge in [-0.2, -0.15) is 0 Å². The molecule has 0 amide bonds. The number of likely N-dealkylation sites (N-methyl/N-ethyl adjacent to an activating group) is 1. The number of nitrogens with zero attached hydrogens (tertiary/aromatic N) is 1. The van der Waals surface area contributed by atoms with Crippen molar-refractivity contribution in [1.29, 1.82) is 0 Å². The van der Waals surface area contributed by atoms with E-state index in [-0.39, 0.29) is 0 Å². The van der Waals surface area contributed by atoms with Gasteiger partial charge < -0.3 is 15.0 Å². The minimum absolute atomic E-state index is 0.645. The zero-order valence-corrected chi connectivity index (χ0v) is 10.5. The molecule has 0 aromatic heterocycles. The molecule has 0 aromatic carbocycles. The van der Waals surface area contributed by atoms with Crippen LogP contribution in [0.4, 0.5) is 0 Å². The average Bonchev–Trinajstić information content (AvgIpc) is 2.96. The van der Waals surface area contributed by atoms with E-state index in [0.717, 1.165) is 38.9 Å². The summed E-state index contributed by atoms with van der Waals surface area (Å²) in [6, 6.07) is 0.829. The lowest BCUT2D eigenvalue weighted by Gasteiger charge is -2.17. The van der Waals surface area contributed by atoms with Crippen LogP contribution in [0.1, 0.15) is 26.7 Å². The topological polar surface area (TPSA) is 24.5 Å². The summed E-state index contributed by atoms with van der Waals surface area (Å²) < 4.78 is 5.54. The van der Waals surface area contributed by atoms with Crippen molar-refractivity contribution in [2.45, 2.75) is 32.7 Å². The van der Waals surface area contributed by atoms with Crippen LogP contribution in [-0.4, -0.2) is 50.8 Å². The van der Waals surface area contributed by atoms with Crippen molar-refractivity contribution in [1.82, 2.24) is 10.2 Å². The molecule has 15 heavy (non-hydrogen) atoms. The number of nitrogens with one attached hydrogen (secondary N) is 1. The molecule has 0 heterocycles. The molecule has 1 aliphatic rings. The van der Waals surface area contributed by atoms with Gasteiger partial charge in [-0.3, -0.25) is 0 Å². The second-order valence-corrected chi connectivity index (χ2v) is 5.00. The first-order valence-corrected chi connectivity index (χ1v) is 6.18. The van der Waals surface area contributed by atoms with Crippen LogP contribution in [-0.2, 0) is 4.74 Å². The van der Waals surface area contributed by atoms with Gasteiger partial charge in [0.2, 0.25) is 0 Å². The van der Waals surface area contributed by atoms with Gasteiger partial charge in [-0.25, -0.2) is 0 Å². The summed E-state index contributed by atoms with van der Waals surface area (Å²) in [5, 5.41) is 3.51. The summed E-state index contributed by atoms with van der Waals surface area (Å²) >= 11 is 0. The van der Waals surface area contributed by atoms with E-state index in [2.05, 4.69) is 31.1 Å². The van der Waals surface area contributed by atoms with Crippen molar-refractivity contribution in [3.63, 3.8) is 0 Å². The molecule has 0 atom stereocenters. The Labute approximate surface area is 94.2 Å². The van der Waals surface area contributed by atoms with E-state index < -0.39 is 0 Å². The van der Waals surface area contributed by atoms with Crippen LogP contribution >= 0.6 is 0 Å². The zero-order valence-electron chi connectivity index (χ0n) is 10.5. The Kier molecular flexibility index (Phi) is 6.22. The predicted molar refractivity (Wildman–Crippen MR) is 64.2 cm³/mol. The van der Waals surface area contributed by atoms with Crippen LogP contribution in [0.3, 0.4) is 0 Å². The molecule has 0 aliphatic heterocycles. The van der Waals surface area contributed by atoms with Gasteiger partial charge in [-0.1, -0.05) is 13.8 Å². The largest absolute Gasteiger partial charge is 0.380 e. The highest BCUT2D eigenvalue weighted by molar-refractivity contribution is 4.80. The lowest BCUT2D eigenvalue weighted by atomic mass is 10.2. The van der Waals surface area contributed by atoms with E-state index in [0.29, 0.717) is 5.92 Å². The van der Waals surface area contributed by atoms with Crippen molar-refractivity contribution in [2.75, 3.05) is 39.9 Å². The maximum Gasteiger partial charge on any atom is 0.0593 e. The van der Waals surface area contributed by atoms with Crippen LogP contribution in [0.15, 0.2) is 0 Å². The molecule has 0 bridgehead atoms. The standard InChI is InChI=1S/C12H26N2O/c1-11(2)10-15-9-8-14(3)7-6-13-12-4-5-12/h11-13H,4-10H2,1-3H3. The van der Waals surface area contributed by atoms with Crippen molar-refractivity contribution >= 4 is 0 Å². The smallest absolute Gasteiger partial charge is 0.0593 e. The highest BCUT2D eigenvalue weighted by Crippen LogP contribution is 2.17. The third-order valence-corrected chi connectivity index (χ3v) is 2.57. The minimum Gasteiger partial charge on any atom is -0.380 e. The van der Waals surface area contributed by atoms with Crippen molar-refractivity contribution < 1.29 is 4.74 Å². The molecular formula is C12H26N2O. The Bertz CT molecular complexity index is 158. The van der Waals surface area contributed by atoms with Gasteiger partial charge in [0, 0.05) is 32.3 Å². The van der Waals surface area contributed by atoms with Crippen LogP contribution < -0.4 is 5.32 Å². The summed E-state index contributed by atoms with van der Waals surface area (Å²) in [4.78, 5) is 2.33. The minimum atomic E-state index is 0.645. The second-order valence-electron chi connectivity index (χ2n) is 5.00. The Balaban J connectivity index is 1.81. The lowest BCUT2D eigenvalue weighted by Crippen LogP contribution is -2.32. The van der Waals surface area contributed by atoms with Crippen molar-refractivity contribution in [2.24, 2.45) is 5.92 Å². The predicted octanol–water partition coefficient (Wildman–Crippen LogP) is 1.34. The van der Waals surface area contributed by atoms with E-state index in [1.54, 1.807) is 0 Å². The Morgan fingerprint density at radius 1 is 1.33 bits per heavy atom. The maximum absolute atomic E-state index is 5.54. The first-order valence-electron chi connectivity index (χ1n) is 6.18. The zero-order chi connectivity index (χ0) is 11.1. The highest BCUT2D eigenvalue weighted by Gasteiger charge is 2.19. The van der Waals surface area contributed by atoms with Crippen molar-refractivity contribution in [3.8, 4) is 0 Å². The molecule has 1 rings (SSSR count). The van der Waals surface area contributed by atoms with E-state index >= 15 is 0 Å². The summed E-state index contributed by atoms with van der Waals surface area (Å²) in [6.45, 7) is 9.39. The molecule has 0 unspecified atom stereocenters. The third-order valence-electron chi connectivity index (χ3n) is 2.57. The van der Waals surface area contributed by atoms with Gasteiger partial charge in [0.25, 0.3) is 0 Å². The quantitative estimate of drug-likeness (QED) is 0.586. The number of rotatable bonds is 9. The Hall–Kier alpha value is -0.120. The van der Waals surface area contributed by atoms with E-state index in [9.17, 15) is 0 Å². The molecule has 0 spiro atoms. The van der Waals surface area contributed by atoms with Gasteiger partial charge in [0.1, 0.15) is 0 Å². The summed E-state index contributed by atoms with van der Waals surface area (Å²) in [5.74, 6) is 0.645. The number of hydrogen-bond donors (Lipinski definition) is 1. The van der Waals surface area contributed by atoms with Crippen LogP contribution in [0.25, 0.3) is 0 Å². The maximum atomic E-state index is 5.54. The van der Waals surface area contributed by atoms with Crippen LogP contribution in [0.2, 0.25) is 0 Å². The summed E-state index contributed by atoms with van der Waals surface area (Å²) in [7, 11) is 2.16. The SMILES string of the molecule is CC(C)COCCN(C)CCNC1CC1. The fourth-order valence-corrected chi connectivity index (χ4v) is 1.40. The van der Waals surface area contributed by atoms with E-state index in [1.165, 1.54) is 12.8 Å². The van der Waals surface area contributed by atoms with Gasteiger partial charge in [-0.15, -0.1) is 0 Å². The van der Waals surface area contributed by atoms with E-state index in [4.69, 9.17) is 4.74 Å². The molecule has 0 radical (unpaired) electrons. The Morgan fingerprint density at radius 2 is 2.07 bits per heavy atom. The molecule has 3 heteroatoms. The molecule has 1 aliphatic carbocycles. The van der Waals surface area contributed by atoms with Gasteiger partial charge in [0.05, 0.1) is 6.61 Å². The van der Waals surface area contributed by atoms with Gasteiger partial charge >= 0.3 is 0 Å². The third kappa shape index (κ3) is 7.77. The van der Waals surface area contributed by atoms with Crippen molar-refractivity contribution in [3.05, 3.63) is 0 Å². The van der Waals surface area contributed by atoms with E-state index in [1.807, 2.05) is 0 Å². The Morgan fingerprint density at radius 3 is 2.67 bits per heavy atom. The van der Waals surface area contributed by atoms with Crippen LogP contribution in [0, 0.1) is 5.92 Å². The average molecular weight is 214 g/mol. The summed E-state index contributed by atoms with van der Waals surface area (Å²) in [6.07, 6.45) is 2.75. The molecule has 0 aromatic rings. The molecule has 90 valence electrons. The molecular weight excluding hydrogens is 188 g/mol. The second kappa shape index (κ2) is 7.20. The number of hydrogen-bond acceptors (Lipinski definition) is 3. The first-order chi connectivity index (χ1) is 7.18. The molecule has 1 N–H and O–H groups in total. The fourth-order valence-electron chi connectivity index (χ4n) is 1.40. The monoisotopic (exact) mass is 214 g/mol. The first kappa shape index (κ1) is 12.9. The molecule has 1 saturated carbocycles. The number of ether oxygens (including phenoxy) is 1. The fraction of sp³-hybridized carbons (Fsp3) is 1.00. The molecule has 1 fully saturated rings. The van der Waals surface area contributed by atoms with Gasteiger partial charge in [0.15, 0.2) is 0 Å². The lowest BCUT2D eigenvalue weighted by molar-refractivity contribution is 0.0917.